The van der Waals surface area contributed by atoms with Crippen LogP contribution in [0.15, 0.2) is 27.5 Å². The highest BCUT2D eigenvalue weighted by Crippen LogP contribution is 2.40. The zero-order chi connectivity index (χ0) is 16.4. The van der Waals surface area contributed by atoms with Crippen LogP contribution in [0.25, 0.3) is 11.0 Å². The van der Waals surface area contributed by atoms with E-state index in [9.17, 15) is 4.79 Å². The number of rotatable bonds is 5. The van der Waals surface area contributed by atoms with Crippen LogP contribution in [-0.4, -0.2) is 16.3 Å². The average Bonchev–Trinajstić information content (AvgIpc) is 2.84. The molecule has 0 atom stereocenters. The van der Waals surface area contributed by atoms with Gasteiger partial charge in [-0.15, -0.1) is 11.8 Å². The van der Waals surface area contributed by atoms with E-state index >= 15 is 0 Å². The van der Waals surface area contributed by atoms with Gasteiger partial charge in [-0.1, -0.05) is 39.2 Å². The second kappa shape index (κ2) is 7.00. The maximum Gasteiger partial charge on any atom is 0.311 e. The van der Waals surface area contributed by atoms with Crippen molar-refractivity contribution < 1.29 is 14.3 Å². The molecule has 3 rings (SSSR count). The predicted octanol–water partition coefficient (Wildman–Crippen LogP) is 5.61. The summed E-state index contributed by atoms with van der Waals surface area (Å²) in [5.41, 5.74) is 2.19. The maximum atomic E-state index is 11.1. The van der Waals surface area contributed by atoms with Gasteiger partial charge in [0.15, 0.2) is 0 Å². The largest absolute Gasteiger partial charge is 0.481 e. The van der Waals surface area contributed by atoms with Gasteiger partial charge in [0.2, 0.25) is 0 Å². The molecule has 2 aromatic rings. The Morgan fingerprint density at radius 1 is 1.30 bits per heavy atom. The number of carboxylic acids is 1. The van der Waals surface area contributed by atoms with Crippen molar-refractivity contribution in [2.75, 3.05) is 0 Å². The molecule has 1 N–H and O–H groups in total. The van der Waals surface area contributed by atoms with Gasteiger partial charge in [0.25, 0.3) is 0 Å². The van der Waals surface area contributed by atoms with Crippen molar-refractivity contribution >= 4 is 28.7 Å². The van der Waals surface area contributed by atoms with Gasteiger partial charge in [0.1, 0.15) is 17.8 Å². The lowest BCUT2D eigenvalue weighted by Crippen LogP contribution is -2.04. The summed E-state index contributed by atoms with van der Waals surface area (Å²) in [6.07, 6.45) is 6.44. The highest BCUT2D eigenvalue weighted by molar-refractivity contribution is 8.00. The molecule has 0 aliphatic heterocycles. The lowest BCUT2D eigenvalue weighted by atomic mass is 9.84. The lowest BCUT2D eigenvalue weighted by molar-refractivity contribution is -0.136. The van der Waals surface area contributed by atoms with Gasteiger partial charge in [-0.3, -0.25) is 4.79 Å². The summed E-state index contributed by atoms with van der Waals surface area (Å²) in [6, 6.07) is 6.43. The predicted molar refractivity (Wildman–Crippen MR) is 94.4 cm³/mol. The van der Waals surface area contributed by atoms with Crippen molar-refractivity contribution in [3.05, 3.63) is 29.5 Å². The molecule has 0 unspecified atom stereocenters. The summed E-state index contributed by atoms with van der Waals surface area (Å²) in [6.45, 7) is 4.25. The average molecular weight is 332 g/mol. The van der Waals surface area contributed by atoms with E-state index in [4.69, 9.17) is 9.52 Å². The fourth-order valence-corrected chi connectivity index (χ4v) is 4.45. The molecule has 1 aromatic heterocycles. The van der Waals surface area contributed by atoms with E-state index < -0.39 is 5.97 Å². The van der Waals surface area contributed by atoms with Crippen LogP contribution in [-0.2, 0) is 11.2 Å². The van der Waals surface area contributed by atoms with Gasteiger partial charge in [0, 0.05) is 10.6 Å². The Morgan fingerprint density at radius 2 is 2.04 bits per heavy atom. The normalized spacial score (nSPS) is 16.3. The van der Waals surface area contributed by atoms with Crippen LogP contribution < -0.4 is 0 Å². The summed E-state index contributed by atoms with van der Waals surface area (Å²) in [5.74, 6) is 0.386. The number of carbonyl (C=O) groups is 1. The van der Waals surface area contributed by atoms with Crippen LogP contribution in [0, 0.1) is 0 Å². The topological polar surface area (TPSA) is 50.4 Å². The quantitative estimate of drug-likeness (QED) is 0.723. The molecule has 3 nitrogen and oxygen atoms in total. The Labute approximate surface area is 141 Å². The number of thioether (sulfide) groups is 1. The number of fused-ring (bicyclic) bond motifs is 1. The number of benzene rings is 1. The molecule has 4 heteroatoms. The molecule has 0 saturated heterocycles. The van der Waals surface area contributed by atoms with Gasteiger partial charge in [-0.25, -0.2) is 0 Å². The van der Waals surface area contributed by atoms with Crippen LogP contribution in [0.3, 0.4) is 0 Å². The molecule has 0 amide bonds. The standard InChI is InChI=1S/C19H24O3S/c1-12(2)23-19-15-10-14(13-6-4-3-5-7-13)8-9-16(15)22-17(19)11-18(20)21/h8-10,12-13H,3-7,11H2,1-2H3,(H,20,21). The first kappa shape index (κ1) is 16.4. The van der Waals surface area contributed by atoms with E-state index in [2.05, 4.69) is 26.0 Å². The third-order valence-electron chi connectivity index (χ3n) is 4.48. The van der Waals surface area contributed by atoms with Crippen molar-refractivity contribution in [2.45, 2.75) is 68.4 Å². The van der Waals surface area contributed by atoms with Gasteiger partial charge in [-0.05, 0) is 36.5 Å². The van der Waals surface area contributed by atoms with Crippen molar-refractivity contribution in [3.8, 4) is 0 Å². The number of furan rings is 1. The first-order chi connectivity index (χ1) is 11.0. The minimum atomic E-state index is -0.845. The van der Waals surface area contributed by atoms with Crippen LogP contribution in [0.2, 0.25) is 0 Å². The molecule has 0 spiro atoms. The van der Waals surface area contributed by atoms with Crippen LogP contribution in [0.1, 0.15) is 63.2 Å². The molecule has 124 valence electrons. The number of carboxylic acid groups (broad SMARTS) is 1. The third-order valence-corrected chi connectivity index (χ3v) is 5.63. The fourth-order valence-electron chi connectivity index (χ4n) is 3.45. The molecular formula is C19H24O3S. The number of aliphatic carboxylic acids is 1. The fraction of sp³-hybridized carbons (Fsp3) is 0.526. The van der Waals surface area contributed by atoms with E-state index in [1.165, 1.54) is 37.7 Å². The molecule has 0 bridgehead atoms. The SMILES string of the molecule is CC(C)Sc1c(CC(=O)O)oc2ccc(C3CCCCC3)cc12. The van der Waals surface area contributed by atoms with E-state index in [-0.39, 0.29) is 6.42 Å². The zero-order valence-corrected chi connectivity index (χ0v) is 14.6. The van der Waals surface area contributed by atoms with Gasteiger partial charge in [0.05, 0.1) is 4.90 Å². The third kappa shape index (κ3) is 3.74. The second-order valence-corrected chi connectivity index (χ2v) is 8.27. The monoisotopic (exact) mass is 332 g/mol. The molecule has 0 radical (unpaired) electrons. The number of hydrogen-bond donors (Lipinski definition) is 1. The van der Waals surface area contributed by atoms with Crippen LogP contribution in [0.4, 0.5) is 0 Å². The molecule has 1 aromatic carbocycles. The van der Waals surface area contributed by atoms with Gasteiger partial charge < -0.3 is 9.52 Å². The summed E-state index contributed by atoms with van der Waals surface area (Å²) >= 11 is 1.70. The molecule has 1 heterocycles. The zero-order valence-electron chi connectivity index (χ0n) is 13.8. The molecular weight excluding hydrogens is 308 g/mol. The van der Waals surface area contributed by atoms with Crippen LogP contribution >= 0.6 is 11.8 Å². The van der Waals surface area contributed by atoms with Crippen molar-refractivity contribution in [2.24, 2.45) is 0 Å². The Kier molecular flexibility index (Phi) is 5.00. The van der Waals surface area contributed by atoms with Gasteiger partial charge in [-0.2, -0.15) is 0 Å². The lowest BCUT2D eigenvalue weighted by Gasteiger charge is -2.22. The van der Waals surface area contributed by atoms with Gasteiger partial charge >= 0.3 is 5.97 Å². The van der Waals surface area contributed by atoms with Crippen LogP contribution in [0.5, 0.6) is 0 Å². The van der Waals surface area contributed by atoms with Crippen molar-refractivity contribution in [3.63, 3.8) is 0 Å². The summed E-state index contributed by atoms with van der Waals surface area (Å²) < 4.78 is 5.85. The highest BCUT2D eigenvalue weighted by Gasteiger charge is 2.21. The van der Waals surface area contributed by atoms with E-state index in [0.717, 1.165) is 15.9 Å². The molecule has 23 heavy (non-hydrogen) atoms. The Hall–Kier alpha value is -1.42. The highest BCUT2D eigenvalue weighted by atomic mass is 32.2. The summed E-state index contributed by atoms with van der Waals surface area (Å²) in [7, 11) is 0. The Morgan fingerprint density at radius 3 is 2.70 bits per heavy atom. The maximum absolute atomic E-state index is 11.1. The van der Waals surface area contributed by atoms with Crippen molar-refractivity contribution in [1.29, 1.82) is 0 Å². The first-order valence-electron chi connectivity index (χ1n) is 8.48. The summed E-state index contributed by atoms with van der Waals surface area (Å²) in [4.78, 5) is 12.1. The summed E-state index contributed by atoms with van der Waals surface area (Å²) in [5, 5.41) is 10.6. The van der Waals surface area contributed by atoms with E-state index in [0.29, 0.717) is 16.9 Å². The number of hydrogen-bond acceptors (Lipinski definition) is 3. The minimum absolute atomic E-state index is 0.0531. The van der Waals surface area contributed by atoms with E-state index in [1.54, 1.807) is 11.8 Å². The molecule has 1 aliphatic rings. The second-order valence-electron chi connectivity index (χ2n) is 6.68. The first-order valence-corrected chi connectivity index (χ1v) is 9.36. The Balaban J connectivity index is 2.02. The molecule has 1 saturated carbocycles. The van der Waals surface area contributed by atoms with Crippen molar-refractivity contribution in [1.82, 2.24) is 0 Å². The Bertz CT molecular complexity index is 696. The van der Waals surface area contributed by atoms with E-state index in [1.807, 2.05) is 6.07 Å². The molecule has 1 aliphatic carbocycles. The molecule has 1 fully saturated rings. The smallest absolute Gasteiger partial charge is 0.311 e. The minimum Gasteiger partial charge on any atom is -0.481 e.